The molecular formula is C29H32FN5O2. The summed E-state index contributed by atoms with van der Waals surface area (Å²) in [7, 11) is 0. The Morgan fingerprint density at radius 3 is 2.54 bits per heavy atom. The molecule has 2 aromatic carbocycles. The maximum absolute atomic E-state index is 14.1. The maximum atomic E-state index is 14.1. The van der Waals surface area contributed by atoms with E-state index in [0.29, 0.717) is 18.7 Å². The summed E-state index contributed by atoms with van der Waals surface area (Å²) in [5.41, 5.74) is 8.76. The van der Waals surface area contributed by atoms with Crippen molar-refractivity contribution >= 4 is 11.7 Å². The van der Waals surface area contributed by atoms with E-state index < -0.39 is 23.9 Å². The van der Waals surface area contributed by atoms with Crippen LogP contribution in [0.2, 0.25) is 0 Å². The highest BCUT2D eigenvalue weighted by atomic mass is 19.1. The second kappa shape index (κ2) is 11.8. The highest BCUT2D eigenvalue weighted by Crippen LogP contribution is 2.29. The number of Topliss-reactive ketones (excluding diaryl/α,β-unsaturated/α-hetero) is 1. The lowest BCUT2D eigenvalue weighted by atomic mass is 9.99. The molecule has 37 heavy (non-hydrogen) atoms. The van der Waals surface area contributed by atoms with Gasteiger partial charge in [-0.1, -0.05) is 50.3 Å². The van der Waals surface area contributed by atoms with Crippen molar-refractivity contribution in [3.8, 4) is 11.3 Å². The quantitative estimate of drug-likeness (QED) is 0.400. The Hall–Kier alpha value is -4.04. The molecule has 8 heteroatoms. The predicted molar refractivity (Wildman–Crippen MR) is 142 cm³/mol. The van der Waals surface area contributed by atoms with Crippen LogP contribution < -0.4 is 5.73 Å². The number of ketones is 1. The minimum Gasteiger partial charge on any atom is -0.363 e. The molecule has 7 nitrogen and oxygen atoms in total. The third-order valence-electron chi connectivity index (χ3n) is 6.65. The van der Waals surface area contributed by atoms with Crippen LogP contribution >= 0.6 is 0 Å². The Balaban J connectivity index is 1.67. The highest BCUT2D eigenvalue weighted by molar-refractivity contribution is 6.37. The molecule has 2 N–H and O–H groups in total. The van der Waals surface area contributed by atoms with Gasteiger partial charge in [0.2, 0.25) is 5.78 Å². The van der Waals surface area contributed by atoms with Crippen molar-refractivity contribution in [3.05, 3.63) is 102 Å². The fraction of sp³-hybridized carbons (Fsp3) is 0.276. The van der Waals surface area contributed by atoms with Gasteiger partial charge in [0.25, 0.3) is 5.91 Å². The number of benzene rings is 2. The summed E-state index contributed by atoms with van der Waals surface area (Å²) in [6.45, 7) is 6.47. The zero-order chi connectivity index (χ0) is 26.4. The number of carbonyl (C=O) groups excluding carboxylic acids is 2. The van der Waals surface area contributed by atoms with Gasteiger partial charge >= 0.3 is 0 Å². The summed E-state index contributed by atoms with van der Waals surface area (Å²) in [5.74, 6) is -1.93. The van der Waals surface area contributed by atoms with Crippen LogP contribution in [0.3, 0.4) is 0 Å². The van der Waals surface area contributed by atoms with Crippen LogP contribution in [-0.4, -0.2) is 50.4 Å². The van der Waals surface area contributed by atoms with Crippen LogP contribution in [0.1, 0.15) is 31.1 Å². The molecule has 1 aliphatic heterocycles. The fourth-order valence-corrected chi connectivity index (χ4v) is 4.61. The van der Waals surface area contributed by atoms with Crippen LogP contribution in [0.15, 0.2) is 85.2 Å². The standard InChI is InChI=1S/C29H32FN5O2/c1-3-33(4-2)20-22-19-23(30)13-14-24(22)25-15-17-35(32-25)27-12-8-9-16-34(27)26(28(36)29(31)37)18-21-10-6-5-7-11-21/h5-17,19,26-27H,3-4,18,20H2,1-2H3,(H2,31,37). The monoisotopic (exact) mass is 501 g/mol. The van der Waals surface area contributed by atoms with Crippen molar-refractivity contribution < 1.29 is 14.0 Å². The van der Waals surface area contributed by atoms with Crippen molar-refractivity contribution in [1.82, 2.24) is 19.6 Å². The number of hydrogen-bond acceptors (Lipinski definition) is 5. The maximum Gasteiger partial charge on any atom is 0.287 e. The Labute approximate surface area is 216 Å². The summed E-state index contributed by atoms with van der Waals surface area (Å²) in [5, 5.41) is 4.82. The van der Waals surface area contributed by atoms with Crippen LogP contribution in [0.5, 0.6) is 0 Å². The summed E-state index contributed by atoms with van der Waals surface area (Å²) in [6, 6.07) is 15.3. The van der Waals surface area contributed by atoms with E-state index in [-0.39, 0.29) is 5.82 Å². The van der Waals surface area contributed by atoms with Crippen LogP contribution in [0.25, 0.3) is 11.3 Å². The Morgan fingerprint density at radius 1 is 1.08 bits per heavy atom. The molecule has 0 saturated carbocycles. The number of carbonyl (C=O) groups is 2. The minimum absolute atomic E-state index is 0.286. The van der Waals surface area contributed by atoms with Crippen molar-refractivity contribution in [2.24, 2.45) is 5.73 Å². The summed E-state index contributed by atoms with van der Waals surface area (Å²) < 4.78 is 15.9. The molecule has 0 radical (unpaired) electrons. The van der Waals surface area contributed by atoms with Crippen LogP contribution in [-0.2, 0) is 22.6 Å². The van der Waals surface area contributed by atoms with Gasteiger partial charge < -0.3 is 10.6 Å². The summed E-state index contributed by atoms with van der Waals surface area (Å²) >= 11 is 0. The predicted octanol–water partition coefficient (Wildman–Crippen LogP) is 4.08. The number of rotatable bonds is 11. The van der Waals surface area contributed by atoms with Crippen molar-refractivity contribution in [2.45, 2.75) is 39.0 Å². The number of nitrogens with two attached hydrogens (primary N) is 1. The minimum atomic E-state index is -0.976. The average Bonchev–Trinajstić information content (AvgIpc) is 3.40. The molecule has 2 heterocycles. The molecular weight excluding hydrogens is 469 g/mol. The largest absolute Gasteiger partial charge is 0.363 e. The van der Waals surface area contributed by atoms with E-state index in [0.717, 1.165) is 29.8 Å². The first-order chi connectivity index (χ1) is 17.9. The van der Waals surface area contributed by atoms with Crippen LogP contribution in [0.4, 0.5) is 4.39 Å². The van der Waals surface area contributed by atoms with Gasteiger partial charge in [0, 0.05) is 30.9 Å². The molecule has 2 unspecified atom stereocenters. The molecule has 1 amide bonds. The molecule has 3 aromatic rings. The lowest BCUT2D eigenvalue weighted by molar-refractivity contribution is -0.139. The van der Waals surface area contributed by atoms with E-state index >= 15 is 0 Å². The SMILES string of the molecule is CCN(CC)Cc1cc(F)ccc1-c1ccn(C2C=CC=CN2C(Cc2ccccc2)C(=O)C(N)=O)n1. The van der Waals surface area contributed by atoms with Gasteiger partial charge in [-0.2, -0.15) is 5.10 Å². The van der Waals surface area contributed by atoms with Gasteiger partial charge in [-0.15, -0.1) is 0 Å². The molecule has 2 atom stereocenters. The molecule has 0 bridgehead atoms. The van der Waals surface area contributed by atoms with E-state index in [9.17, 15) is 14.0 Å². The lowest BCUT2D eigenvalue weighted by Gasteiger charge is -2.36. The third-order valence-corrected chi connectivity index (χ3v) is 6.65. The first kappa shape index (κ1) is 26.0. The number of nitrogens with zero attached hydrogens (tertiary/aromatic N) is 4. The second-order valence-electron chi connectivity index (χ2n) is 8.97. The number of primary amides is 1. The van der Waals surface area contributed by atoms with Crippen molar-refractivity contribution in [2.75, 3.05) is 13.1 Å². The summed E-state index contributed by atoms with van der Waals surface area (Å²) in [4.78, 5) is 28.9. The topological polar surface area (TPSA) is 84.5 Å². The molecule has 192 valence electrons. The molecule has 0 aliphatic carbocycles. The number of hydrogen-bond donors (Lipinski definition) is 1. The first-order valence-electron chi connectivity index (χ1n) is 12.5. The van der Waals surface area contributed by atoms with Gasteiger partial charge in [-0.05, 0) is 60.6 Å². The fourth-order valence-electron chi connectivity index (χ4n) is 4.61. The smallest absolute Gasteiger partial charge is 0.287 e. The van der Waals surface area contributed by atoms with E-state index in [1.54, 1.807) is 27.9 Å². The second-order valence-corrected chi connectivity index (χ2v) is 8.97. The van der Waals surface area contributed by atoms with E-state index in [4.69, 9.17) is 10.8 Å². The molecule has 1 aliphatic rings. The number of amides is 1. The average molecular weight is 502 g/mol. The first-order valence-corrected chi connectivity index (χ1v) is 12.5. The Kier molecular flexibility index (Phi) is 8.30. The molecule has 4 rings (SSSR count). The van der Waals surface area contributed by atoms with Gasteiger partial charge in [0.15, 0.2) is 0 Å². The van der Waals surface area contributed by atoms with Gasteiger partial charge in [0.05, 0.1) is 5.69 Å². The highest BCUT2D eigenvalue weighted by Gasteiger charge is 2.33. The molecule has 0 fully saturated rings. The molecule has 0 saturated heterocycles. The zero-order valence-corrected chi connectivity index (χ0v) is 21.1. The Bertz CT molecular complexity index is 1300. The Morgan fingerprint density at radius 2 is 1.84 bits per heavy atom. The normalized spacial score (nSPS) is 15.8. The van der Waals surface area contributed by atoms with Gasteiger partial charge in [-0.3, -0.25) is 14.5 Å². The van der Waals surface area contributed by atoms with E-state index in [1.807, 2.05) is 60.8 Å². The van der Waals surface area contributed by atoms with Gasteiger partial charge in [-0.25, -0.2) is 9.07 Å². The lowest BCUT2D eigenvalue weighted by Crippen LogP contribution is -2.48. The molecule has 0 spiro atoms. The third kappa shape index (κ3) is 6.03. The van der Waals surface area contributed by atoms with Gasteiger partial charge in [0.1, 0.15) is 18.0 Å². The van der Waals surface area contributed by atoms with E-state index in [1.165, 1.54) is 6.07 Å². The zero-order valence-electron chi connectivity index (χ0n) is 21.1. The summed E-state index contributed by atoms with van der Waals surface area (Å²) in [6.07, 6.45) is 9.07. The number of allylic oxidation sites excluding steroid dienone is 2. The van der Waals surface area contributed by atoms with Crippen molar-refractivity contribution in [3.63, 3.8) is 0 Å². The van der Waals surface area contributed by atoms with Crippen molar-refractivity contribution in [1.29, 1.82) is 0 Å². The number of aromatic nitrogens is 2. The van der Waals surface area contributed by atoms with E-state index in [2.05, 4.69) is 18.7 Å². The van der Waals surface area contributed by atoms with Crippen LogP contribution in [0, 0.1) is 5.82 Å². The molecule has 1 aromatic heterocycles. The number of halogens is 1.